The molecule has 0 fully saturated rings. The van der Waals surface area contributed by atoms with Crippen molar-refractivity contribution in [1.29, 1.82) is 0 Å². The Kier molecular flexibility index (Phi) is 5.17. The smallest absolute Gasteiger partial charge is 0.271 e. The predicted octanol–water partition coefficient (Wildman–Crippen LogP) is 3.62. The largest absolute Gasteiger partial charge is 0.378 e. The molecule has 3 aromatic rings. The van der Waals surface area contributed by atoms with Gasteiger partial charge in [0.1, 0.15) is 0 Å². The van der Waals surface area contributed by atoms with Crippen molar-refractivity contribution in [2.75, 3.05) is 19.0 Å². The molecule has 1 amide bonds. The summed E-state index contributed by atoms with van der Waals surface area (Å²) in [6.45, 7) is 2.04. The summed E-state index contributed by atoms with van der Waals surface area (Å²) in [5, 5.41) is 4.13. The minimum atomic E-state index is -0.237. The van der Waals surface area contributed by atoms with Crippen molar-refractivity contribution in [3.05, 3.63) is 83.7 Å². The van der Waals surface area contributed by atoms with Crippen molar-refractivity contribution < 1.29 is 4.79 Å². The highest BCUT2D eigenvalue weighted by Crippen LogP contribution is 2.15. The minimum absolute atomic E-state index is 0.237. The molecule has 0 saturated heterocycles. The van der Waals surface area contributed by atoms with Gasteiger partial charge in [0.15, 0.2) is 0 Å². The van der Waals surface area contributed by atoms with E-state index in [9.17, 15) is 4.79 Å². The highest BCUT2D eigenvalue weighted by Gasteiger charge is 2.07. The summed E-state index contributed by atoms with van der Waals surface area (Å²) >= 11 is 0. The van der Waals surface area contributed by atoms with Gasteiger partial charge in [-0.1, -0.05) is 24.3 Å². The van der Waals surface area contributed by atoms with Crippen LogP contribution in [0.3, 0.4) is 0 Å². The van der Waals surface area contributed by atoms with E-state index in [1.807, 2.05) is 86.6 Å². The second-order valence-electron chi connectivity index (χ2n) is 6.21. The van der Waals surface area contributed by atoms with Crippen LogP contribution in [0.4, 0.5) is 5.69 Å². The Morgan fingerprint density at radius 1 is 1.04 bits per heavy atom. The molecule has 1 heterocycles. The number of hydrogen-bond donors (Lipinski definition) is 1. The number of carbonyl (C=O) groups is 1. The zero-order valence-corrected chi connectivity index (χ0v) is 15.2. The zero-order valence-electron chi connectivity index (χ0n) is 15.2. The van der Waals surface area contributed by atoms with Crippen molar-refractivity contribution in [2.24, 2.45) is 5.10 Å². The SMILES string of the molecule is Cc1ccc(/C=N/NC(=O)c2cccc(N(C)C)c2)n1-c1ccccc1. The average Bonchev–Trinajstić information content (AvgIpc) is 3.03. The fourth-order valence-corrected chi connectivity index (χ4v) is 2.74. The molecule has 132 valence electrons. The molecule has 5 nitrogen and oxygen atoms in total. The summed E-state index contributed by atoms with van der Waals surface area (Å²) in [6, 6.07) is 21.5. The van der Waals surface area contributed by atoms with E-state index in [1.54, 1.807) is 12.3 Å². The van der Waals surface area contributed by atoms with Crippen LogP contribution in [0.5, 0.6) is 0 Å². The minimum Gasteiger partial charge on any atom is -0.378 e. The first-order valence-corrected chi connectivity index (χ1v) is 8.41. The molecule has 0 unspecified atom stereocenters. The van der Waals surface area contributed by atoms with Gasteiger partial charge in [-0.25, -0.2) is 5.43 Å². The first-order chi connectivity index (χ1) is 12.6. The molecule has 0 aliphatic carbocycles. The van der Waals surface area contributed by atoms with Gasteiger partial charge in [0.25, 0.3) is 5.91 Å². The van der Waals surface area contributed by atoms with Gasteiger partial charge in [-0.15, -0.1) is 0 Å². The zero-order chi connectivity index (χ0) is 18.5. The molecular weight excluding hydrogens is 324 g/mol. The maximum absolute atomic E-state index is 12.3. The lowest BCUT2D eigenvalue weighted by Gasteiger charge is -2.12. The van der Waals surface area contributed by atoms with E-state index in [2.05, 4.69) is 15.1 Å². The van der Waals surface area contributed by atoms with E-state index < -0.39 is 0 Å². The number of hydrazone groups is 1. The number of para-hydroxylation sites is 1. The Bertz CT molecular complexity index is 926. The number of rotatable bonds is 5. The van der Waals surface area contributed by atoms with E-state index >= 15 is 0 Å². The molecule has 2 aromatic carbocycles. The van der Waals surface area contributed by atoms with Gasteiger partial charge in [0, 0.05) is 36.7 Å². The molecule has 3 rings (SSSR count). The fourth-order valence-electron chi connectivity index (χ4n) is 2.74. The Balaban J connectivity index is 1.76. The third-order valence-corrected chi connectivity index (χ3v) is 4.11. The first kappa shape index (κ1) is 17.5. The van der Waals surface area contributed by atoms with Gasteiger partial charge in [-0.3, -0.25) is 4.79 Å². The van der Waals surface area contributed by atoms with Crippen LogP contribution >= 0.6 is 0 Å². The maximum Gasteiger partial charge on any atom is 0.271 e. The van der Waals surface area contributed by atoms with Gasteiger partial charge < -0.3 is 9.47 Å². The van der Waals surface area contributed by atoms with Crippen LogP contribution in [-0.4, -0.2) is 30.8 Å². The van der Waals surface area contributed by atoms with E-state index in [-0.39, 0.29) is 5.91 Å². The van der Waals surface area contributed by atoms with Crippen LogP contribution in [0, 0.1) is 6.92 Å². The molecule has 1 N–H and O–H groups in total. The monoisotopic (exact) mass is 346 g/mol. The summed E-state index contributed by atoms with van der Waals surface area (Å²) in [7, 11) is 3.88. The predicted molar refractivity (Wildman–Crippen MR) is 106 cm³/mol. The van der Waals surface area contributed by atoms with Crippen LogP contribution in [-0.2, 0) is 0 Å². The van der Waals surface area contributed by atoms with Crippen molar-refractivity contribution in [2.45, 2.75) is 6.92 Å². The van der Waals surface area contributed by atoms with E-state index in [1.165, 1.54) is 0 Å². The normalized spacial score (nSPS) is 10.9. The summed E-state index contributed by atoms with van der Waals surface area (Å²) < 4.78 is 2.09. The van der Waals surface area contributed by atoms with Crippen molar-refractivity contribution in [3.63, 3.8) is 0 Å². The molecular formula is C21H22N4O. The molecule has 0 bridgehead atoms. The lowest BCUT2D eigenvalue weighted by Crippen LogP contribution is -2.18. The average molecular weight is 346 g/mol. The number of carbonyl (C=O) groups excluding carboxylic acids is 1. The highest BCUT2D eigenvalue weighted by atomic mass is 16.2. The number of aromatic nitrogens is 1. The topological polar surface area (TPSA) is 49.6 Å². The summed E-state index contributed by atoms with van der Waals surface area (Å²) in [5.74, 6) is -0.237. The summed E-state index contributed by atoms with van der Waals surface area (Å²) in [4.78, 5) is 14.3. The molecule has 0 aliphatic rings. The maximum atomic E-state index is 12.3. The van der Waals surface area contributed by atoms with Crippen molar-refractivity contribution >= 4 is 17.8 Å². The highest BCUT2D eigenvalue weighted by molar-refractivity contribution is 5.95. The van der Waals surface area contributed by atoms with Gasteiger partial charge >= 0.3 is 0 Å². The molecule has 26 heavy (non-hydrogen) atoms. The Hall–Kier alpha value is -3.34. The van der Waals surface area contributed by atoms with Crippen LogP contribution < -0.4 is 10.3 Å². The fraction of sp³-hybridized carbons (Fsp3) is 0.143. The number of nitrogens with zero attached hydrogens (tertiary/aromatic N) is 3. The molecule has 0 atom stereocenters. The van der Waals surface area contributed by atoms with Crippen LogP contribution in [0.1, 0.15) is 21.7 Å². The third kappa shape index (κ3) is 3.83. The summed E-state index contributed by atoms with van der Waals surface area (Å²) in [5.41, 5.74) is 7.20. The van der Waals surface area contributed by atoms with Gasteiger partial charge in [-0.05, 0) is 49.4 Å². The third-order valence-electron chi connectivity index (χ3n) is 4.11. The van der Waals surface area contributed by atoms with Crippen LogP contribution in [0.2, 0.25) is 0 Å². The van der Waals surface area contributed by atoms with Crippen molar-refractivity contribution in [1.82, 2.24) is 9.99 Å². The number of nitrogens with one attached hydrogen (secondary N) is 1. The second kappa shape index (κ2) is 7.70. The van der Waals surface area contributed by atoms with E-state index in [0.717, 1.165) is 22.8 Å². The standard InChI is InChI=1S/C21H22N4O/c1-16-12-13-20(25(16)18-9-5-4-6-10-18)15-22-23-21(26)17-8-7-11-19(14-17)24(2)3/h4-15H,1-3H3,(H,23,26)/b22-15+. The lowest BCUT2D eigenvalue weighted by atomic mass is 10.2. The molecule has 5 heteroatoms. The van der Waals surface area contributed by atoms with Crippen LogP contribution in [0.25, 0.3) is 5.69 Å². The lowest BCUT2D eigenvalue weighted by molar-refractivity contribution is 0.0955. The quantitative estimate of drug-likeness (QED) is 0.567. The Morgan fingerprint density at radius 3 is 2.54 bits per heavy atom. The van der Waals surface area contributed by atoms with Crippen LogP contribution in [0.15, 0.2) is 71.8 Å². The molecule has 1 aromatic heterocycles. The van der Waals surface area contributed by atoms with Gasteiger partial charge in [-0.2, -0.15) is 5.10 Å². The number of benzene rings is 2. The van der Waals surface area contributed by atoms with Gasteiger partial charge in [0.05, 0.1) is 11.9 Å². The molecule has 0 spiro atoms. The molecule has 0 saturated carbocycles. The number of anilines is 1. The number of aryl methyl sites for hydroxylation is 1. The summed E-state index contributed by atoms with van der Waals surface area (Å²) in [6.07, 6.45) is 1.66. The Labute approximate surface area is 153 Å². The van der Waals surface area contributed by atoms with Gasteiger partial charge in [0.2, 0.25) is 0 Å². The van der Waals surface area contributed by atoms with E-state index in [4.69, 9.17) is 0 Å². The van der Waals surface area contributed by atoms with Crippen molar-refractivity contribution in [3.8, 4) is 5.69 Å². The first-order valence-electron chi connectivity index (χ1n) is 8.41. The van der Waals surface area contributed by atoms with E-state index in [0.29, 0.717) is 5.56 Å². The molecule has 0 radical (unpaired) electrons. The Morgan fingerprint density at radius 2 is 1.81 bits per heavy atom. The second-order valence-corrected chi connectivity index (χ2v) is 6.21. The molecule has 0 aliphatic heterocycles. The number of hydrogen-bond acceptors (Lipinski definition) is 3. The number of amides is 1.